The second-order valence-corrected chi connectivity index (χ2v) is 4.21. The Balaban J connectivity index is 4.07. The van der Waals surface area contributed by atoms with Crippen LogP contribution in [0.1, 0.15) is 26.7 Å². The molecule has 0 aliphatic rings. The van der Waals surface area contributed by atoms with Gasteiger partial charge in [0.05, 0.1) is 6.42 Å². The van der Waals surface area contributed by atoms with Crippen molar-refractivity contribution in [2.24, 2.45) is 5.92 Å². The number of rotatable bonds is 8. The van der Waals surface area contributed by atoms with Gasteiger partial charge in [0.25, 0.3) is 5.91 Å². The summed E-state index contributed by atoms with van der Waals surface area (Å²) < 4.78 is 0. The smallest absolute Gasteiger partial charge is 0.305 e. The monoisotopic (exact) mass is 253 g/mol. The number of amides is 1. The van der Waals surface area contributed by atoms with Crippen molar-refractivity contribution >= 4 is 11.9 Å². The van der Waals surface area contributed by atoms with Gasteiger partial charge in [0, 0.05) is 19.3 Å². The number of carboxylic acids is 1. The van der Waals surface area contributed by atoms with Crippen molar-refractivity contribution in [2.75, 3.05) is 13.1 Å². The Labute approximate surface area is 107 Å². The summed E-state index contributed by atoms with van der Waals surface area (Å²) in [5.74, 6) is -1.01. The van der Waals surface area contributed by atoms with Gasteiger partial charge in [0.1, 0.15) is 11.6 Å². The zero-order valence-corrected chi connectivity index (χ0v) is 10.7. The summed E-state index contributed by atoms with van der Waals surface area (Å²) in [6, 6.07) is 1.77. The highest BCUT2D eigenvalue weighted by Crippen LogP contribution is 1.97. The van der Waals surface area contributed by atoms with E-state index < -0.39 is 11.9 Å². The molecule has 3 N–H and O–H groups in total. The lowest BCUT2D eigenvalue weighted by molar-refractivity contribution is -0.136. The van der Waals surface area contributed by atoms with Gasteiger partial charge in [0.2, 0.25) is 0 Å². The minimum atomic E-state index is -0.993. The van der Waals surface area contributed by atoms with E-state index in [9.17, 15) is 9.59 Å². The number of carbonyl (C=O) groups excluding carboxylic acids is 1. The van der Waals surface area contributed by atoms with E-state index >= 15 is 0 Å². The molecule has 100 valence electrons. The molecule has 0 heterocycles. The number of nitrogens with zero attached hydrogens (tertiary/aromatic N) is 1. The maximum Gasteiger partial charge on any atom is 0.305 e. The SMILES string of the molecule is CC(C)CCN/C=C(/C#N)C(=O)NCCC(=O)O. The average molecular weight is 253 g/mol. The highest BCUT2D eigenvalue weighted by molar-refractivity contribution is 5.97. The molecular formula is C12H19N3O3. The normalized spacial score (nSPS) is 10.9. The Morgan fingerprint density at radius 3 is 2.56 bits per heavy atom. The van der Waals surface area contributed by atoms with Crippen LogP contribution in [0.25, 0.3) is 0 Å². The molecular weight excluding hydrogens is 234 g/mol. The summed E-state index contributed by atoms with van der Waals surface area (Å²) in [7, 11) is 0. The van der Waals surface area contributed by atoms with Crippen LogP contribution in [0.5, 0.6) is 0 Å². The number of hydrogen-bond acceptors (Lipinski definition) is 4. The summed E-state index contributed by atoms with van der Waals surface area (Å²) in [4.78, 5) is 21.7. The standard InChI is InChI=1S/C12H19N3O3/c1-9(2)3-5-14-8-10(7-13)12(18)15-6-4-11(16)17/h8-9,14H,3-6H2,1-2H3,(H,15,18)(H,16,17)/b10-8-. The van der Waals surface area contributed by atoms with Crippen molar-refractivity contribution in [1.29, 1.82) is 5.26 Å². The molecule has 0 radical (unpaired) electrons. The van der Waals surface area contributed by atoms with Crippen LogP contribution in [-0.2, 0) is 9.59 Å². The van der Waals surface area contributed by atoms with Gasteiger partial charge in [-0.15, -0.1) is 0 Å². The lowest BCUT2D eigenvalue weighted by Crippen LogP contribution is -2.28. The first-order valence-corrected chi connectivity index (χ1v) is 5.81. The van der Waals surface area contributed by atoms with Crippen molar-refractivity contribution in [2.45, 2.75) is 26.7 Å². The Morgan fingerprint density at radius 2 is 2.06 bits per heavy atom. The van der Waals surface area contributed by atoms with E-state index in [1.165, 1.54) is 6.20 Å². The molecule has 0 rings (SSSR count). The molecule has 0 aromatic heterocycles. The van der Waals surface area contributed by atoms with Crippen molar-refractivity contribution in [3.05, 3.63) is 11.8 Å². The van der Waals surface area contributed by atoms with Crippen LogP contribution >= 0.6 is 0 Å². The van der Waals surface area contributed by atoms with Gasteiger partial charge >= 0.3 is 5.97 Å². The quantitative estimate of drug-likeness (QED) is 0.334. The number of nitriles is 1. The van der Waals surface area contributed by atoms with Gasteiger partial charge in [-0.2, -0.15) is 5.26 Å². The van der Waals surface area contributed by atoms with E-state index in [1.807, 2.05) is 0 Å². The van der Waals surface area contributed by atoms with Gasteiger partial charge in [-0.1, -0.05) is 13.8 Å². The van der Waals surface area contributed by atoms with Crippen LogP contribution in [-0.4, -0.2) is 30.1 Å². The molecule has 0 spiro atoms. The molecule has 6 heteroatoms. The molecule has 18 heavy (non-hydrogen) atoms. The van der Waals surface area contributed by atoms with Crippen LogP contribution < -0.4 is 10.6 Å². The maximum absolute atomic E-state index is 11.4. The minimum absolute atomic E-state index is 0.0131. The Bertz CT molecular complexity index is 356. The zero-order chi connectivity index (χ0) is 14.0. The van der Waals surface area contributed by atoms with Gasteiger partial charge in [-0.05, 0) is 12.3 Å². The summed E-state index contributed by atoms with van der Waals surface area (Å²) in [6.45, 7) is 4.86. The predicted molar refractivity (Wildman–Crippen MR) is 66.4 cm³/mol. The Morgan fingerprint density at radius 1 is 1.39 bits per heavy atom. The predicted octanol–water partition coefficient (Wildman–Crippen LogP) is 0.620. The number of carboxylic acid groups (broad SMARTS) is 1. The summed E-state index contributed by atoms with van der Waals surface area (Å²) in [5, 5.41) is 22.4. The molecule has 0 aromatic rings. The molecule has 0 aliphatic heterocycles. The fraction of sp³-hybridized carbons (Fsp3) is 0.583. The third-order valence-corrected chi connectivity index (χ3v) is 2.10. The number of aliphatic carboxylic acids is 1. The minimum Gasteiger partial charge on any atom is -0.481 e. The first-order valence-electron chi connectivity index (χ1n) is 5.81. The molecule has 0 aromatic carbocycles. The lowest BCUT2D eigenvalue weighted by Gasteiger charge is -2.05. The third-order valence-electron chi connectivity index (χ3n) is 2.10. The molecule has 0 atom stereocenters. The van der Waals surface area contributed by atoms with Crippen molar-refractivity contribution in [3.8, 4) is 6.07 Å². The fourth-order valence-corrected chi connectivity index (χ4v) is 1.07. The van der Waals surface area contributed by atoms with Crippen molar-refractivity contribution < 1.29 is 14.7 Å². The molecule has 0 bridgehead atoms. The van der Waals surface area contributed by atoms with E-state index in [4.69, 9.17) is 10.4 Å². The number of nitrogens with one attached hydrogen (secondary N) is 2. The molecule has 0 unspecified atom stereocenters. The topological polar surface area (TPSA) is 102 Å². The number of hydrogen-bond donors (Lipinski definition) is 3. The maximum atomic E-state index is 11.4. The first-order chi connectivity index (χ1) is 8.47. The highest BCUT2D eigenvalue weighted by Gasteiger charge is 2.08. The third kappa shape index (κ3) is 8.16. The number of carbonyl (C=O) groups is 2. The summed E-state index contributed by atoms with van der Waals surface area (Å²) >= 11 is 0. The van der Waals surface area contributed by atoms with E-state index in [-0.39, 0.29) is 18.5 Å². The largest absolute Gasteiger partial charge is 0.481 e. The molecule has 6 nitrogen and oxygen atoms in total. The molecule has 0 aliphatic carbocycles. The van der Waals surface area contributed by atoms with Crippen LogP contribution in [0, 0.1) is 17.2 Å². The van der Waals surface area contributed by atoms with E-state index in [2.05, 4.69) is 24.5 Å². The van der Waals surface area contributed by atoms with E-state index in [0.717, 1.165) is 6.42 Å². The van der Waals surface area contributed by atoms with E-state index in [0.29, 0.717) is 12.5 Å². The average Bonchev–Trinajstić information content (AvgIpc) is 2.28. The molecule has 0 fully saturated rings. The van der Waals surface area contributed by atoms with Crippen LogP contribution in [0.2, 0.25) is 0 Å². The molecule has 0 saturated carbocycles. The van der Waals surface area contributed by atoms with Crippen molar-refractivity contribution in [3.63, 3.8) is 0 Å². The zero-order valence-electron chi connectivity index (χ0n) is 10.7. The van der Waals surface area contributed by atoms with Crippen LogP contribution in [0.4, 0.5) is 0 Å². The first kappa shape index (κ1) is 16.0. The van der Waals surface area contributed by atoms with Gasteiger partial charge < -0.3 is 15.7 Å². The fourth-order valence-electron chi connectivity index (χ4n) is 1.07. The molecule has 0 saturated heterocycles. The van der Waals surface area contributed by atoms with Crippen LogP contribution in [0.3, 0.4) is 0 Å². The van der Waals surface area contributed by atoms with Crippen molar-refractivity contribution in [1.82, 2.24) is 10.6 Å². The van der Waals surface area contributed by atoms with Gasteiger partial charge in [-0.3, -0.25) is 9.59 Å². The second-order valence-electron chi connectivity index (χ2n) is 4.21. The van der Waals surface area contributed by atoms with E-state index in [1.54, 1.807) is 6.07 Å². The van der Waals surface area contributed by atoms with Gasteiger partial charge in [-0.25, -0.2) is 0 Å². The van der Waals surface area contributed by atoms with Crippen LogP contribution in [0.15, 0.2) is 11.8 Å². The summed E-state index contributed by atoms with van der Waals surface area (Å²) in [6.07, 6.45) is 2.14. The Hall–Kier alpha value is -2.03. The Kier molecular flexibility index (Phi) is 8.03. The van der Waals surface area contributed by atoms with Gasteiger partial charge in [0.15, 0.2) is 0 Å². The summed E-state index contributed by atoms with van der Waals surface area (Å²) in [5.41, 5.74) is -0.0517. The molecule has 1 amide bonds. The highest BCUT2D eigenvalue weighted by atomic mass is 16.4. The second kappa shape index (κ2) is 9.05. The lowest BCUT2D eigenvalue weighted by atomic mass is 10.1.